The van der Waals surface area contributed by atoms with Gasteiger partial charge in [-0.05, 0) is 44.2 Å². The van der Waals surface area contributed by atoms with E-state index in [2.05, 4.69) is 31.4 Å². The van der Waals surface area contributed by atoms with Crippen molar-refractivity contribution >= 4 is 39.3 Å². The zero-order chi connectivity index (χ0) is 20.8. The van der Waals surface area contributed by atoms with Crippen LogP contribution in [0.15, 0.2) is 52.1 Å². The number of aryl methyl sites for hydroxylation is 1. The molecule has 0 aliphatic rings. The van der Waals surface area contributed by atoms with Crippen LogP contribution >= 0.6 is 27.7 Å². The number of nitrogens with one attached hydrogen (secondary N) is 1. The molecule has 1 heterocycles. The molecule has 152 valence electrons. The van der Waals surface area contributed by atoms with Gasteiger partial charge in [-0.1, -0.05) is 45.4 Å². The number of hydrogen-bond donors (Lipinski definition) is 1. The molecule has 0 fully saturated rings. The second-order valence-electron chi connectivity index (χ2n) is 6.21. The van der Waals surface area contributed by atoms with Gasteiger partial charge in [0.1, 0.15) is 18.2 Å². The smallest absolute Gasteiger partial charge is 0.234 e. The zero-order valence-electron chi connectivity index (χ0n) is 16.0. The largest absolute Gasteiger partial charge is 0.486 e. The molecule has 3 aromatic rings. The molecule has 0 spiro atoms. The quantitative estimate of drug-likeness (QED) is 0.470. The molecule has 0 saturated heterocycles. The van der Waals surface area contributed by atoms with Crippen molar-refractivity contribution in [2.75, 3.05) is 11.1 Å². The molecule has 3 rings (SSSR count). The number of carbonyl (C=O) groups is 1. The van der Waals surface area contributed by atoms with Gasteiger partial charge in [0.15, 0.2) is 11.0 Å². The summed E-state index contributed by atoms with van der Waals surface area (Å²) >= 11 is 4.43. The second-order valence-corrected chi connectivity index (χ2v) is 8.06. The third-order valence-corrected chi connectivity index (χ3v) is 5.50. The van der Waals surface area contributed by atoms with Crippen molar-refractivity contribution in [2.24, 2.45) is 0 Å². The Morgan fingerprint density at radius 2 is 2.00 bits per heavy atom. The molecule has 6 nitrogen and oxygen atoms in total. The Hall–Kier alpha value is -2.39. The minimum atomic E-state index is -0.495. The molecular formula is C20H20BrFN4O2S. The Kier molecular flexibility index (Phi) is 7.27. The van der Waals surface area contributed by atoms with E-state index in [0.717, 1.165) is 11.3 Å². The fourth-order valence-corrected chi connectivity index (χ4v) is 3.69. The van der Waals surface area contributed by atoms with Crippen LogP contribution in [0.25, 0.3) is 0 Å². The van der Waals surface area contributed by atoms with E-state index in [4.69, 9.17) is 4.74 Å². The number of aromatic nitrogens is 3. The maximum Gasteiger partial charge on any atom is 0.234 e. The normalized spacial score (nSPS) is 10.8. The molecule has 0 aliphatic heterocycles. The van der Waals surface area contributed by atoms with E-state index in [0.29, 0.717) is 22.0 Å². The number of hydrogen-bond acceptors (Lipinski definition) is 5. The van der Waals surface area contributed by atoms with Gasteiger partial charge in [-0.2, -0.15) is 0 Å². The van der Waals surface area contributed by atoms with Crippen LogP contribution in [0.5, 0.6) is 5.75 Å². The number of ether oxygens (including phenoxy) is 1. The number of benzene rings is 2. The van der Waals surface area contributed by atoms with Crippen molar-refractivity contribution in [3.8, 4) is 5.75 Å². The van der Waals surface area contributed by atoms with Gasteiger partial charge in [-0.15, -0.1) is 10.2 Å². The lowest BCUT2D eigenvalue weighted by Gasteiger charge is -2.09. The van der Waals surface area contributed by atoms with E-state index in [1.54, 1.807) is 6.07 Å². The Morgan fingerprint density at radius 1 is 1.24 bits per heavy atom. The molecule has 0 radical (unpaired) electrons. The highest BCUT2D eigenvalue weighted by molar-refractivity contribution is 9.10. The van der Waals surface area contributed by atoms with E-state index >= 15 is 0 Å². The first-order chi connectivity index (χ1) is 14.0. The molecule has 1 amide bonds. The molecule has 29 heavy (non-hydrogen) atoms. The summed E-state index contributed by atoms with van der Waals surface area (Å²) in [5.74, 6) is 0.706. The van der Waals surface area contributed by atoms with Gasteiger partial charge in [-0.25, -0.2) is 4.39 Å². The highest BCUT2D eigenvalue weighted by atomic mass is 79.9. The minimum Gasteiger partial charge on any atom is -0.486 e. The maximum absolute atomic E-state index is 13.9. The van der Waals surface area contributed by atoms with Crippen molar-refractivity contribution in [2.45, 2.75) is 32.2 Å². The van der Waals surface area contributed by atoms with Crippen molar-refractivity contribution in [3.63, 3.8) is 0 Å². The number of thioether (sulfide) groups is 1. The fourth-order valence-electron chi connectivity index (χ4n) is 2.54. The molecule has 0 unspecified atom stereocenters. The highest BCUT2D eigenvalue weighted by Gasteiger charge is 2.14. The first-order valence-corrected chi connectivity index (χ1v) is 10.7. The molecule has 0 saturated carbocycles. The van der Waals surface area contributed by atoms with Crippen LogP contribution < -0.4 is 10.1 Å². The van der Waals surface area contributed by atoms with Crippen molar-refractivity contribution < 1.29 is 13.9 Å². The van der Waals surface area contributed by atoms with Crippen LogP contribution in [-0.2, 0) is 17.9 Å². The molecular weight excluding hydrogens is 459 g/mol. The topological polar surface area (TPSA) is 69.0 Å². The van der Waals surface area contributed by atoms with E-state index in [9.17, 15) is 9.18 Å². The van der Waals surface area contributed by atoms with Gasteiger partial charge in [0.05, 0.1) is 11.4 Å². The van der Waals surface area contributed by atoms with Gasteiger partial charge < -0.3 is 14.6 Å². The third kappa shape index (κ3) is 5.80. The standard InChI is InChI=1S/C20H20BrFN4O2S/c1-3-26-18(11-28-15-7-4-13(2)5-8-15)24-25-20(26)29-12-19(27)23-17-9-6-14(21)10-16(17)22/h4-10H,3,11-12H2,1-2H3,(H,23,27). The van der Waals surface area contributed by atoms with Gasteiger partial charge in [0.25, 0.3) is 0 Å². The zero-order valence-corrected chi connectivity index (χ0v) is 18.4. The lowest BCUT2D eigenvalue weighted by Crippen LogP contribution is -2.15. The SMILES string of the molecule is CCn1c(COc2ccc(C)cc2)nnc1SCC(=O)Nc1ccc(Br)cc1F. The first-order valence-electron chi connectivity index (χ1n) is 8.95. The molecule has 9 heteroatoms. The summed E-state index contributed by atoms with van der Waals surface area (Å²) in [5.41, 5.74) is 1.30. The third-order valence-electron chi connectivity index (χ3n) is 4.04. The summed E-state index contributed by atoms with van der Waals surface area (Å²) in [5, 5.41) is 11.5. The van der Waals surface area contributed by atoms with Crippen LogP contribution in [-0.4, -0.2) is 26.4 Å². The van der Waals surface area contributed by atoms with Crippen molar-refractivity contribution in [1.29, 1.82) is 0 Å². The van der Waals surface area contributed by atoms with Crippen LogP contribution in [0, 0.1) is 12.7 Å². The van der Waals surface area contributed by atoms with Crippen LogP contribution in [0.2, 0.25) is 0 Å². The first kappa shape index (κ1) is 21.3. The highest BCUT2D eigenvalue weighted by Crippen LogP contribution is 2.22. The number of carbonyl (C=O) groups excluding carboxylic acids is 1. The summed E-state index contributed by atoms with van der Waals surface area (Å²) in [4.78, 5) is 12.2. The van der Waals surface area contributed by atoms with Crippen LogP contribution in [0.3, 0.4) is 0 Å². The second kappa shape index (κ2) is 9.89. The van der Waals surface area contributed by atoms with Crippen LogP contribution in [0.4, 0.5) is 10.1 Å². The molecule has 1 aromatic heterocycles. The van der Waals surface area contributed by atoms with E-state index in [-0.39, 0.29) is 24.0 Å². The Labute approximate surface area is 181 Å². The average molecular weight is 479 g/mol. The minimum absolute atomic E-state index is 0.0897. The van der Waals surface area contributed by atoms with Crippen LogP contribution in [0.1, 0.15) is 18.3 Å². The molecule has 0 aliphatic carbocycles. The summed E-state index contributed by atoms with van der Waals surface area (Å²) in [6.07, 6.45) is 0. The molecule has 0 bridgehead atoms. The number of nitrogens with zero attached hydrogens (tertiary/aromatic N) is 3. The predicted octanol–water partition coefficient (Wildman–Crippen LogP) is 4.82. The molecule has 2 aromatic carbocycles. The lowest BCUT2D eigenvalue weighted by atomic mass is 10.2. The van der Waals surface area contributed by atoms with E-state index < -0.39 is 5.82 Å². The maximum atomic E-state index is 13.9. The average Bonchev–Trinajstić information content (AvgIpc) is 3.10. The van der Waals surface area contributed by atoms with E-state index in [1.807, 2.05) is 42.7 Å². The number of amides is 1. The predicted molar refractivity (Wildman–Crippen MR) is 115 cm³/mol. The summed E-state index contributed by atoms with van der Waals surface area (Å²) in [7, 11) is 0. The molecule has 1 N–H and O–H groups in total. The number of anilines is 1. The van der Waals surface area contributed by atoms with Gasteiger partial charge in [0, 0.05) is 11.0 Å². The monoisotopic (exact) mass is 478 g/mol. The fraction of sp³-hybridized carbons (Fsp3) is 0.250. The summed E-state index contributed by atoms with van der Waals surface area (Å²) in [6.45, 7) is 4.91. The van der Waals surface area contributed by atoms with Crippen molar-refractivity contribution in [3.05, 3.63) is 64.1 Å². The Bertz CT molecular complexity index is 995. The lowest BCUT2D eigenvalue weighted by molar-refractivity contribution is -0.113. The summed E-state index contributed by atoms with van der Waals surface area (Å²) in [6, 6.07) is 12.3. The Morgan fingerprint density at radius 3 is 2.69 bits per heavy atom. The van der Waals surface area contributed by atoms with Gasteiger partial charge in [-0.3, -0.25) is 4.79 Å². The summed E-state index contributed by atoms with van der Waals surface area (Å²) < 4.78 is 22.1. The van der Waals surface area contributed by atoms with Gasteiger partial charge in [0.2, 0.25) is 5.91 Å². The van der Waals surface area contributed by atoms with Crippen molar-refractivity contribution in [1.82, 2.24) is 14.8 Å². The Balaban J connectivity index is 1.58. The molecule has 0 atom stereocenters. The number of rotatable bonds is 8. The van der Waals surface area contributed by atoms with Gasteiger partial charge >= 0.3 is 0 Å². The van der Waals surface area contributed by atoms with E-state index in [1.165, 1.54) is 23.9 Å². The number of halogens is 2.